The first-order valence-corrected chi connectivity index (χ1v) is 16.5. The molecule has 52 heavy (non-hydrogen) atoms. The van der Waals surface area contributed by atoms with Gasteiger partial charge in [0.1, 0.15) is 5.75 Å². The molecule has 0 aliphatic carbocycles. The van der Waals surface area contributed by atoms with E-state index < -0.39 is 53.1 Å². The summed E-state index contributed by atoms with van der Waals surface area (Å²) in [5.41, 5.74) is 5.64. The first kappa shape index (κ1) is 38.2. The Balaban J connectivity index is 1.63. The van der Waals surface area contributed by atoms with Gasteiger partial charge in [0.15, 0.2) is 11.6 Å². The maximum Gasteiger partial charge on any atom is 0.416 e. The average Bonchev–Trinajstić information content (AvgIpc) is 3.50. The Labute approximate surface area is 302 Å². The lowest BCUT2D eigenvalue weighted by molar-refractivity contribution is -0.143. The van der Waals surface area contributed by atoms with Gasteiger partial charge in [-0.25, -0.2) is 4.99 Å². The van der Waals surface area contributed by atoms with E-state index in [2.05, 4.69) is 31.3 Å². The van der Waals surface area contributed by atoms with Gasteiger partial charge in [-0.1, -0.05) is 63.5 Å². The third-order valence-corrected chi connectivity index (χ3v) is 8.92. The van der Waals surface area contributed by atoms with Crippen molar-refractivity contribution in [1.82, 2.24) is 5.32 Å². The highest BCUT2D eigenvalue weighted by Gasteiger charge is 2.54. The van der Waals surface area contributed by atoms with Crippen LogP contribution in [0.3, 0.4) is 0 Å². The topological polar surface area (TPSA) is 129 Å². The summed E-state index contributed by atoms with van der Waals surface area (Å²) < 4.78 is 94.5. The normalized spacial score (nSPS) is 17.2. The summed E-state index contributed by atoms with van der Waals surface area (Å²) in [4.78, 5) is 22.3. The zero-order valence-electron chi connectivity index (χ0n) is 27.1. The molecule has 0 spiro atoms. The molecular formula is C36H30BrF6N5O4. The van der Waals surface area contributed by atoms with E-state index in [-0.39, 0.29) is 38.1 Å². The molecule has 1 aliphatic heterocycles. The minimum absolute atomic E-state index is 0.0146. The second-order valence-electron chi connectivity index (χ2n) is 11.7. The Morgan fingerprint density at radius 3 is 2.21 bits per heavy atom. The number of amides is 1. The Bertz CT molecular complexity index is 1950. The van der Waals surface area contributed by atoms with Crippen molar-refractivity contribution in [2.75, 3.05) is 13.2 Å². The minimum Gasteiger partial charge on any atom is -0.494 e. The molecule has 2 N–H and O–H groups in total. The molecule has 0 saturated heterocycles. The number of nitrogens with one attached hydrogen (secondary N) is 1. The van der Waals surface area contributed by atoms with E-state index >= 15 is 0 Å². The van der Waals surface area contributed by atoms with Crippen LogP contribution < -0.4 is 10.1 Å². The summed E-state index contributed by atoms with van der Waals surface area (Å²) in [6.45, 7) is -0.566. The van der Waals surface area contributed by atoms with E-state index in [0.29, 0.717) is 51.0 Å². The van der Waals surface area contributed by atoms with Crippen molar-refractivity contribution in [3.8, 4) is 5.75 Å². The van der Waals surface area contributed by atoms with E-state index in [1.165, 1.54) is 0 Å². The number of aliphatic hydroxyl groups is 1. The number of aliphatic imine (C=N–C) groups is 1. The van der Waals surface area contributed by atoms with Gasteiger partial charge in [0.05, 0.1) is 24.3 Å². The second-order valence-corrected chi connectivity index (χ2v) is 12.6. The zero-order valence-corrected chi connectivity index (χ0v) is 28.7. The molecule has 0 radical (unpaired) electrons. The number of azide groups is 1. The van der Waals surface area contributed by atoms with Crippen molar-refractivity contribution < 1.29 is 45.7 Å². The smallest absolute Gasteiger partial charge is 0.416 e. The molecule has 272 valence electrons. The minimum atomic E-state index is -5.08. The molecule has 9 nitrogen and oxygen atoms in total. The molecule has 0 aromatic heterocycles. The number of ether oxygens (including phenoxy) is 2. The predicted molar refractivity (Wildman–Crippen MR) is 182 cm³/mol. The first-order chi connectivity index (χ1) is 24.7. The van der Waals surface area contributed by atoms with E-state index in [1.807, 2.05) is 0 Å². The summed E-state index contributed by atoms with van der Waals surface area (Å²) in [6, 6.07) is 21.4. The van der Waals surface area contributed by atoms with Crippen molar-refractivity contribution >= 4 is 27.7 Å². The van der Waals surface area contributed by atoms with Gasteiger partial charge in [0.2, 0.25) is 5.90 Å². The molecule has 0 saturated carbocycles. The van der Waals surface area contributed by atoms with Crippen LogP contribution in [0.15, 0.2) is 106 Å². The Kier molecular flexibility index (Phi) is 11.8. The number of hydrogen-bond donors (Lipinski definition) is 2. The predicted octanol–water partition coefficient (Wildman–Crippen LogP) is 8.87. The van der Waals surface area contributed by atoms with Gasteiger partial charge in [0, 0.05) is 46.5 Å². The molecule has 1 amide bonds. The largest absolute Gasteiger partial charge is 0.494 e. The maximum absolute atomic E-state index is 14.6. The number of carbonyl (C=O) groups excluding carboxylic acids is 1. The van der Waals surface area contributed by atoms with Crippen LogP contribution in [0, 0.1) is 0 Å². The van der Waals surface area contributed by atoms with Gasteiger partial charge in [-0.3, -0.25) is 4.79 Å². The van der Waals surface area contributed by atoms with Crippen LogP contribution in [-0.4, -0.2) is 35.7 Å². The van der Waals surface area contributed by atoms with Crippen LogP contribution in [-0.2, 0) is 41.4 Å². The van der Waals surface area contributed by atoms with E-state index in [1.54, 1.807) is 72.8 Å². The lowest BCUT2D eigenvalue weighted by Crippen LogP contribution is -2.50. The summed E-state index contributed by atoms with van der Waals surface area (Å²) in [7, 11) is 0. The molecule has 0 bridgehead atoms. The van der Waals surface area contributed by atoms with Crippen molar-refractivity contribution in [3.63, 3.8) is 0 Å². The summed E-state index contributed by atoms with van der Waals surface area (Å²) in [5.74, 6) is -0.325. The van der Waals surface area contributed by atoms with E-state index in [9.17, 15) is 31.1 Å². The number of hydrogen-bond acceptors (Lipinski definition) is 6. The molecule has 1 aliphatic rings. The number of rotatable bonds is 13. The number of aliphatic hydroxyl groups excluding tert-OH is 1. The lowest BCUT2D eigenvalue weighted by atomic mass is 9.80. The van der Waals surface area contributed by atoms with Gasteiger partial charge >= 0.3 is 12.4 Å². The first-order valence-electron chi connectivity index (χ1n) is 15.7. The fraction of sp³-hybridized carbons (Fsp3) is 0.278. The highest BCUT2D eigenvalue weighted by atomic mass is 79.9. The van der Waals surface area contributed by atoms with Crippen LogP contribution in [0.5, 0.6) is 5.75 Å². The molecule has 4 aromatic carbocycles. The van der Waals surface area contributed by atoms with E-state index in [0.717, 1.165) is 0 Å². The van der Waals surface area contributed by atoms with Crippen LogP contribution in [0.2, 0.25) is 0 Å². The Hall–Kier alpha value is -5.05. The molecular weight excluding hydrogens is 760 g/mol. The molecule has 16 heteroatoms. The van der Waals surface area contributed by atoms with Gasteiger partial charge < -0.3 is 19.9 Å². The summed E-state index contributed by atoms with van der Waals surface area (Å²) >= 11 is 3.52. The lowest BCUT2D eigenvalue weighted by Gasteiger charge is -2.32. The number of halogens is 7. The Morgan fingerprint density at radius 2 is 1.60 bits per heavy atom. The average molecular weight is 791 g/mol. The highest BCUT2D eigenvalue weighted by molar-refractivity contribution is 9.10. The Morgan fingerprint density at radius 1 is 0.962 bits per heavy atom. The summed E-state index contributed by atoms with van der Waals surface area (Å²) in [6.07, 6.45) is -11.1. The van der Waals surface area contributed by atoms with Crippen molar-refractivity contribution in [1.29, 1.82) is 0 Å². The molecule has 0 unspecified atom stereocenters. The number of alkyl halides is 6. The molecule has 5 rings (SSSR count). The monoisotopic (exact) mass is 789 g/mol. The van der Waals surface area contributed by atoms with Crippen LogP contribution in [0.4, 0.5) is 26.3 Å². The molecule has 1 heterocycles. The number of nitrogens with zero attached hydrogens (tertiary/aromatic N) is 4. The van der Waals surface area contributed by atoms with Crippen molar-refractivity contribution in [2.24, 2.45) is 10.1 Å². The van der Waals surface area contributed by atoms with Crippen LogP contribution in [0.1, 0.15) is 51.5 Å². The third kappa shape index (κ3) is 8.87. The van der Waals surface area contributed by atoms with Gasteiger partial charge in [-0.2, -0.15) is 26.3 Å². The van der Waals surface area contributed by atoms with Gasteiger partial charge in [-0.15, -0.1) is 0 Å². The number of benzene rings is 4. The fourth-order valence-electron chi connectivity index (χ4n) is 5.69. The highest BCUT2D eigenvalue weighted by Crippen LogP contribution is 2.45. The van der Waals surface area contributed by atoms with Gasteiger partial charge in [0.25, 0.3) is 5.91 Å². The molecule has 0 fully saturated rings. The third-order valence-electron chi connectivity index (χ3n) is 8.20. The number of carbonyl (C=O) groups is 1. The van der Waals surface area contributed by atoms with E-state index in [4.69, 9.17) is 25.1 Å². The van der Waals surface area contributed by atoms with Crippen LogP contribution in [0.25, 0.3) is 10.4 Å². The molecule has 4 aromatic rings. The van der Waals surface area contributed by atoms with Crippen molar-refractivity contribution in [2.45, 2.75) is 49.9 Å². The standard InChI is InChI=1S/C36H30BrF6N5O4/c37-30-9-4-3-8-29(30)31-34(19-24-6-1-2-7-25(24)21-46-48-44,47-32(52-31)23-10-12-28(13-11-23)51-15-5-14-49)33(50)45-20-22-16-26(35(38,39)40)18-27(17-22)36(41,42)43/h1-4,6-13,16-18,31,49H,5,14-15,19-21H2,(H,45,50)/t31-,34-/m1/s1. The van der Waals surface area contributed by atoms with Gasteiger partial charge in [-0.05, 0) is 70.8 Å². The molecule has 2 atom stereocenters. The van der Waals surface area contributed by atoms with Crippen molar-refractivity contribution in [3.05, 3.63) is 145 Å². The summed E-state index contributed by atoms with van der Waals surface area (Å²) in [5, 5.41) is 15.3. The van der Waals surface area contributed by atoms with Crippen LogP contribution >= 0.6 is 15.9 Å². The SMILES string of the molecule is [N-]=[N+]=NCc1ccccc1C[C@@]1(C(=O)NCc2cc(C(F)(F)F)cc(C(F)(F)F)c2)N=C(c2ccc(OCCCO)cc2)O[C@@H]1c1ccccc1Br. The maximum atomic E-state index is 14.6. The zero-order chi connectivity index (χ0) is 37.5. The fourth-order valence-corrected chi connectivity index (χ4v) is 6.18. The quantitative estimate of drug-likeness (QED) is 0.0461. The second kappa shape index (κ2) is 16.1.